The van der Waals surface area contributed by atoms with Crippen molar-refractivity contribution in [3.05, 3.63) is 102 Å². The van der Waals surface area contributed by atoms with Gasteiger partial charge in [-0.1, -0.05) is 54.6 Å². The molecule has 0 aliphatic rings. The molecule has 0 aliphatic heterocycles. The molecular weight excluding hydrogens is 428 g/mol. The van der Waals surface area contributed by atoms with E-state index in [1.165, 1.54) is 0 Å². The molecule has 0 fully saturated rings. The maximum Gasteiger partial charge on any atom is 0.335 e. The summed E-state index contributed by atoms with van der Waals surface area (Å²) in [6.07, 6.45) is 4.48. The second-order valence-electron chi connectivity index (χ2n) is 7.75. The minimum Gasteiger partial charge on any atom is -0.493 e. The number of carboxylic acid groups (broad SMARTS) is 1. The van der Waals surface area contributed by atoms with Crippen molar-refractivity contribution in [3.8, 4) is 11.6 Å². The zero-order valence-electron chi connectivity index (χ0n) is 18.9. The Morgan fingerprint density at radius 3 is 2.53 bits per heavy atom. The van der Waals surface area contributed by atoms with Gasteiger partial charge in [0.05, 0.1) is 31.2 Å². The monoisotopic (exact) mass is 454 g/mol. The Balaban J connectivity index is 1.48. The molecule has 3 aromatic carbocycles. The van der Waals surface area contributed by atoms with Gasteiger partial charge in [0.1, 0.15) is 5.75 Å². The molecule has 0 radical (unpaired) electrons. The first-order valence-electron chi connectivity index (χ1n) is 11.0. The smallest absolute Gasteiger partial charge is 0.335 e. The fourth-order valence-corrected chi connectivity index (χ4v) is 3.60. The summed E-state index contributed by atoms with van der Waals surface area (Å²) in [7, 11) is 1.59. The standard InChI is InChI=1S/C28H26N2O4/c1-33-27-14-13-24(19-30-27)29-18-21(17-20-9-11-23(12-10-20)28(31)32)15-16-34-26-8-4-6-22-5-2-3-7-25(22)26/h2-14,17,19,29H,15-16,18H2,1H3,(H,31,32). The van der Waals surface area contributed by atoms with Crippen molar-refractivity contribution in [1.82, 2.24) is 4.98 Å². The molecule has 1 heterocycles. The van der Waals surface area contributed by atoms with Crippen LogP contribution in [0.4, 0.5) is 5.69 Å². The van der Waals surface area contributed by atoms with Crippen LogP contribution < -0.4 is 14.8 Å². The van der Waals surface area contributed by atoms with E-state index in [-0.39, 0.29) is 5.56 Å². The number of carbonyl (C=O) groups is 1. The summed E-state index contributed by atoms with van der Waals surface area (Å²) >= 11 is 0. The molecule has 6 heteroatoms. The van der Waals surface area contributed by atoms with Crippen molar-refractivity contribution in [2.75, 3.05) is 25.6 Å². The number of ether oxygens (including phenoxy) is 2. The molecule has 0 saturated carbocycles. The highest BCUT2D eigenvalue weighted by Crippen LogP contribution is 2.25. The number of carboxylic acids is 1. The lowest BCUT2D eigenvalue weighted by Crippen LogP contribution is -2.09. The number of pyridine rings is 1. The van der Waals surface area contributed by atoms with Crippen LogP contribution in [0.15, 0.2) is 90.6 Å². The Labute approximate surface area is 198 Å². The Bertz CT molecular complexity index is 1280. The topological polar surface area (TPSA) is 80.7 Å². The summed E-state index contributed by atoms with van der Waals surface area (Å²) in [6.45, 7) is 1.10. The van der Waals surface area contributed by atoms with Crippen LogP contribution in [0.3, 0.4) is 0 Å². The van der Waals surface area contributed by atoms with Crippen LogP contribution in [0.2, 0.25) is 0 Å². The molecule has 1 aromatic heterocycles. The molecule has 4 rings (SSSR count). The normalized spacial score (nSPS) is 11.3. The van der Waals surface area contributed by atoms with E-state index < -0.39 is 5.97 Å². The SMILES string of the molecule is COc1ccc(NCC(=Cc2ccc(C(=O)O)cc2)CCOc2cccc3ccccc23)cn1. The van der Waals surface area contributed by atoms with Gasteiger partial charge in [0, 0.05) is 24.4 Å². The predicted molar refractivity (Wildman–Crippen MR) is 135 cm³/mol. The molecule has 0 saturated heterocycles. The number of nitrogens with one attached hydrogen (secondary N) is 1. The van der Waals surface area contributed by atoms with E-state index in [0.717, 1.165) is 33.3 Å². The third kappa shape index (κ3) is 5.92. The molecule has 6 nitrogen and oxygen atoms in total. The van der Waals surface area contributed by atoms with Crippen molar-refractivity contribution in [2.45, 2.75) is 6.42 Å². The molecule has 0 atom stereocenters. The number of anilines is 1. The van der Waals surface area contributed by atoms with Crippen LogP contribution in [-0.2, 0) is 0 Å². The Hall–Kier alpha value is -4.32. The third-order valence-electron chi connectivity index (χ3n) is 5.42. The second-order valence-corrected chi connectivity index (χ2v) is 7.75. The molecule has 0 spiro atoms. The highest BCUT2D eigenvalue weighted by atomic mass is 16.5. The van der Waals surface area contributed by atoms with Crippen LogP contribution >= 0.6 is 0 Å². The van der Waals surface area contributed by atoms with E-state index in [1.807, 2.05) is 42.5 Å². The first-order valence-corrected chi connectivity index (χ1v) is 11.0. The number of hydrogen-bond acceptors (Lipinski definition) is 5. The number of rotatable bonds is 10. The summed E-state index contributed by atoms with van der Waals surface area (Å²) in [4.78, 5) is 15.4. The highest BCUT2D eigenvalue weighted by molar-refractivity contribution is 5.88. The summed E-state index contributed by atoms with van der Waals surface area (Å²) in [6, 6.07) is 24.8. The Kier molecular flexibility index (Phi) is 7.40. The van der Waals surface area contributed by atoms with E-state index in [0.29, 0.717) is 25.5 Å². The van der Waals surface area contributed by atoms with Gasteiger partial charge in [0.15, 0.2) is 0 Å². The van der Waals surface area contributed by atoms with Crippen LogP contribution in [0, 0.1) is 0 Å². The molecule has 0 bridgehead atoms. The quantitative estimate of drug-likeness (QED) is 0.310. The maximum atomic E-state index is 11.2. The van der Waals surface area contributed by atoms with Gasteiger partial charge in [0.25, 0.3) is 0 Å². The minimum absolute atomic E-state index is 0.264. The van der Waals surface area contributed by atoms with Gasteiger partial charge >= 0.3 is 5.97 Å². The lowest BCUT2D eigenvalue weighted by Gasteiger charge is -2.13. The van der Waals surface area contributed by atoms with Crippen molar-refractivity contribution in [2.24, 2.45) is 0 Å². The van der Waals surface area contributed by atoms with E-state index in [2.05, 4.69) is 34.6 Å². The predicted octanol–water partition coefficient (Wildman–Crippen LogP) is 5.91. The zero-order valence-corrected chi connectivity index (χ0v) is 18.9. The van der Waals surface area contributed by atoms with E-state index in [4.69, 9.17) is 14.6 Å². The number of benzene rings is 3. The van der Waals surface area contributed by atoms with Crippen LogP contribution in [-0.4, -0.2) is 36.3 Å². The van der Waals surface area contributed by atoms with Gasteiger partial charge in [0.2, 0.25) is 5.88 Å². The van der Waals surface area contributed by atoms with Crippen molar-refractivity contribution < 1.29 is 19.4 Å². The number of hydrogen-bond donors (Lipinski definition) is 2. The average molecular weight is 455 g/mol. The Morgan fingerprint density at radius 2 is 1.79 bits per heavy atom. The summed E-state index contributed by atoms with van der Waals surface area (Å²) in [5.74, 6) is 0.479. The number of methoxy groups -OCH3 is 1. The first-order chi connectivity index (χ1) is 16.6. The molecule has 0 amide bonds. The molecule has 4 aromatic rings. The van der Waals surface area contributed by atoms with Gasteiger partial charge in [-0.25, -0.2) is 9.78 Å². The van der Waals surface area contributed by atoms with Gasteiger partial charge in [-0.2, -0.15) is 0 Å². The van der Waals surface area contributed by atoms with Crippen LogP contribution in [0.5, 0.6) is 11.6 Å². The van der Waals surface area contributed by atoms with Gasteiger partial charge < -0.3 is 19.9 Å². The summed E-state index contributed by atoms with van der Waals surface area (Å²) < 4.78 is 11.3. The molecule has 34 heavy (non-hydrogen) atoms. The average Bonchev–Trinajstić information content (AvgIpc) is 2.88. The maximum absolute atomic E-state index is 11.2. The van der Waals surface area contributed by atoms with Crippen LogP contribution in [0.25, 0.3) is 16.8 Å². The fourth-order valence-electron chi connectivity index (χ4n) is 3.60. The zero-order chi connectivity index (χ0) is 23.8. The summed E-state index contributed by atoms with van der Waals surface area (Å²) in [5.41, 5.74) is 3.18. The lowest BCUT2D eigenvalue weighted by atomic mass is 10.1. The van der Waals surface area contributed by atoms with E-state index >= 15 is 0 Å². The highest BCUT2D eigenvalue weighted by Gasteiger charge is 2.06. The van der Waals surface area contributed by atoms with Crippen LogP contribution in [0.1, 0.15) is 22.3 Å². The first kappa shape index (κ1) is 22.9. The third-order valence-corrected chi connectivity index (χ3v) is 5.42. The minimum atomic E-state index is -0.937. The van der Waals surface area contributed by atoms with E-state index in [1.54, 1.807) is 31.5 Å². The number of fused-ring (bicyclic) bond motifs is 1. The Morgan fingerprint density at radius 1 is 1.00 bits per heavy atom. The fraction of sp³-hybridized carbons (Fsp3) is 0.143. The molecule has 0 aliphatic carbocycles. The van der Waals surface area contributed by atoms with Crippen molar-refractivity contribution in [1.29, 1.82) is 0 Å². The molecule has 0 unspecified atom stereocenters. The van der Waals surface area contributed by atoms with Gasteiger partial charge in [-0.3, -0.25) is 0 Å². The second kappa shape index (κ2) is 11.0. The van der Waals surface area contributed by atoms with Crippen molar-refractivity contribution in [3.63, 3.8) is 0 Å². The number of aromatic nitrogens is 1. The van der Waals surface area contributed by atoms with Gasteiger partial charge in [-0.15, -0.1) is 0 Å². The number of aromatic carboxylic acids is 1. The molecular formula is C28H26N2O4. The summed E-state index contributed by atoms with van der Waals surface area (Å²) in [5, 5.41) is 14.8. The number of nitrogens with zero attached hydrogens (tertiary/aromatic N) is 1. The van der Waals surface area contributed by atoms with Gasteiger partial charge in [-0.05, 0) is 40.8 Å². The van der Waals surface area contributed by atoms with Crippen molar-refractivity contribution >= 4 is 28.5 Å². The molecule has 172 valence electrons. The molecule has 2 N–H and O–H groups in total. The largest absolute Gasteiger partial charge is 0.493 e. The van der Waals surface area contributed by atoms with E-state index in [9.17, 15) is 4.79 Å². The lowest BCUT2D eigenvalue weighted by molar-refractivity contribution is 0.0697.